The van der Waals surface area contributed by atoms with Crippen LogP contribution in [0, 0.1) is 5.92 Å². The topological polar surface area (TPSA) is 3.24 Å². The van der Waals surface area contributed by atoms with Crippen molar-refractivity contribution < 1.29 is 0 Å². The second-order valence-corrected chi connectivity index (χ2v) is 4.01. The fourth-order valence-electron chi connectivity index (χ4n) is 1.64. The summed E-state index contributed by atoms with van der Waals surface area (Å²) in [5.41, 5.74) is 0. The van der Waals surface area contributed by atoms with E-state index in [-0.39, 0.29) is 0 Å². The van der Waals surface area contributed by atoms with Crippen molar-refractivity contribution in [3.8, 4) is 0 Å². The number of rotatable bonds is 7. The van der Waals surface area contributed by atoms with Crippen LogP contribution in [0.15, 0.2) is 0 Å². The molecule has 0 spiro atoms. The zero-order valence-corrected chi connectivity index (χ0v) is 9.27. The van der Waals surface area contributed by atoms with Crippen LogP contribution in [0.1, 0.15) is 46.5 Å². The van der Waals surface area contributed by atoms with Gasteiger partial charge in [-0.2, -0.15) is 0 Å². The maximum Gasteiger partial charge on any atom is 0.000397 e. The van der Waals surface area contributed by atoms with Crippen molar-refractivity contribution >= 4 is 0 Å². The van der Waals surface area contributed by atoms with Gasteiger partial charge < -0.3 is 4.90 Å². The van der Waals surface area contributed by atoms with Crippen LogP contribution in [0.4, 0.5) is 0 Å². The van der Waals surface area contributed by atoms with E-state index in [1.54, 1.807) is 0 Å². The summed E-state index contributed by atoms with van der Waals surface area (Å²) in [7, 11) is 2.24. The molecule has 0 aromatic carbocycles. The number of unbranched alkanes of at least 4 members (excludes halogenated alkanes) is 1. The predicted molar refractivity (Wildman–Crippen MR) is 56.5 cm³/mol. The van der Waals surface area contributed by atoms with E-state index < -0.39 is 0 Å². The molecule has 0 aliphatic carbocycles. The van der Waals surface area contributed by atoms with Crippen LogP contribution in [-0.2, 0) is 0 Å². The Morgan fingerprint density at radius 3 is 2.33 bits per heavy atom. The number of hydrogen-bond donors (Lipinski definition) is 0. The maximum absolute atomic E-state index is 2.46. The molecule has 0 saturated heterocycles. The highest BCUT2D eigenvalue weighted by molar-refractivity contribution is 4.58. The first-order valence-corrected chi connectivity index (χ1v) is 5.39. The molecule has 74 valence electrons. The Morgan fingerprint density at radius 2 is 1.83 bits per heavy atom. The summed E-state index contributed by atoms with van der Waals surface area (Å²) >= 11 is 0. The highest BCUT2D eigenvalue weighted by atomic mass is 15.1. The van der Waals surface area contributed by atoms with Crippen LogP contribution in [0.2, 0.25) is 0 Å². The first-order valence-electron chi connectivity index (χ1n) is 5.39. The Morgan fingerprint density at radius 1 is 1.17 bits per heavy atom. The third-order valence-electron chi connectivity index (χ3n) is 2.30. The van der Waals surface area contributed by atoms with Crippen LogP contribution in [-0.4, -0.2) is 25.0 Å². The van der Waals surface area contributed by atoms with Crippen LogP contribution in [0.25, 0.3) is 0 Å². The minimum Gasteiger partial charge on any atom is -0.306 e. The molecule has 0 fully saturated rings. The Balaban J connectivity index is 3.33. The molecule has 0 unspecified atom stereocenters. The van der Waals surface area contributed by atoms with Crippen molar-refractivity contribution in [2.75, 3.05) is 20.1 Å². The van der Waals surface area contributed by atoms with Gasteiger partial charge in [0.15, 0.2) is 0 Å². The number of nitrogens with zero attached hydrogens (tertiary/aromatic N) is 1. The molecule has 0 aliphatic heterocycles. The molecule has 0 heterocycles. The summed E-state index contributed by atoms with van der Waals surface area (Å²) in [5.74, 6) is 0.872. The third kappa shape index (κ3) is 6.66. The molecule has 0 saturated carbocycles. The second kappa shape index (κ2) is 7.60. The van der Waals surface area contributed by atoms with E-state index in [4.69, 9.17) is 0 Å². The summed E-state index contributed by atoms with van der Waals surface area (Å²) < 4.78 is 0. The first kappa shape index (κ1) is 12.0. The van der Waals surface area contributed by atoms with Gasteiger partial charge in [0.25, 0.3) is 0 Å². The fourth-order valence-corrected chi connectivity index (χ4v) is 1.64. The van der Waals surface area contributed by atoms with Gasteiger partial charge in [0.2, 0.25) is 0 Å². The summed E-state index contributed by atoms with van der Waals surface area (Å²) in [4.78, 5) is 2.46. The quantitative estimate of drug-likeness (QED) is 0.569. The van der Waals surface area contributed by atoms with Crippen molar-refractivity contribution in [2.45, 2.75) is 46.5 Å². The van der Waals surface area contributed by atoms with Crippen LogP contribution in [0.3, 0.4) is 0 Å². The minimum atomic E-state index is 0.872. The standard InChI is InChI=1S/C11H25N/c1-5-7-9-12(4)10-11(3)8-6-2/h11H,5-10H2,1-4H3/t11-/m0/s1. The van der Waals surface area contributed by atoms with E-state index in [1.165, 1.54) is 38.8 Å². The van der Waals surface area contributed by atoms with E-state index in [9.17, 15) is 0 Å². The molecule has 0 aliphatic rings. The van der Waals surface area contributed by atoms with Crippen LogP contribution < -0.4 is 0 Å². The average Bonchev–Trinajstić information content (AvgIpc) is 2.01. The van der Waals surface area contributed by atoms with Crippen LogP contribution >= 0.6 is 0 Å². The van der Waals surface area contributed by atoms with Crippen LogP contribution in [0.5, 0.6) is 0 Å². The number of hydrogen-bond acceptors (Lipinski definition) is 1. The smallest absolute Gasteiger partial charge is 0.000397 e. The summed E-state index contributed by atoms with van der Waals surface area (Å²) in [6.07, 6.45) is 5.35. The fraction of sp³-hybridized carbons (Fsp3) is 1.00. The largest absolute Gasteiger partial charge is 0.306 e. The van der Waals surface area contributed by atoms with Gasteiger partial charge in [0.1, 0.15) is 0 Å². The Labute approximate surface area is 78.1 Å². The second-order valence-electron chi connectivity index (χ2n) is 4.01. The Hall–Kier alpha value is -0.0400. The Kier molecular flexibility index (Phi) is 7.58. The zero-order valence-electron chi connectivity index (χ0n) is 9.27. The van der Waals surface area contributed by atoms with Gasteiger partial charge in [0, 0.05) is 6.54 Å². The van der Waals surface area contributed by atoms with E-state index in [0.717, 1.165) is 5.92 Å². The molecule has 0 amide bonds. The lowest BCUT2D eigenvalue weighted by molar-refractivity contribution is 0.273. The zero-order chi connectivity index (χ0) is 9.40. The molecule has 0 radical (unpaired) electrons. The molecular formula is C11H25N. The summed E-state index contributed by atoms with van der Waals surface area (Å²) in [6, 6.07) is 0. The Bertz CT molecular complexity index is 91.0. The molecule has 1 heteroatoms. The van der Waals surface area contributed by atoms with Gasteiger partial charge in [-0.25, -0.2) is 0 Å². The van der Waals surface area contributed by atoms with E-state index in [1.807, 2.05) is 0 Å². The molecular weight excluding hydrogens is 146 g/mol. The first-order chi connectivity index (χ1) is 5.70. The summed E-state index contributed by atoms with van der Waals surface area (Å²) in [5, 5.41) is 0. The van der Waals surface area contributed by atoms with Crippen molar-refractivity contribution in [1.82, 2.24) is 4.90 Å². The lowest BCUT2D eigenvalue weighted by atomic mass is 10.1. The van der Waals surface area contributed by atoms with E-state index in [0.29, 0.717) is 0 Å². The van der Waals surface area contributed by atoms with Gasteiger partial charge in [0.05, 0.1) is 0 Å². The highest BCUT2D eigenvalue weighted by Gasteiger charge is 2.04. The lowest BCUT2D eigenvalue weighted by Crippen LogP contribution is -2.25. The van der Waals surface area contributed by atoms with E-state index in [2.05, 4.69) is 32.7 Å². The highest BCUT2D eigenvalue weighted by Crippen LogP contribution is 2.06. The SMILES string of the molecule is CCCCN(C)C[C@@H](C)CCC. The third-order valence-corrected chi connectivity index (χ3v) is 2.30. The molecule has 0 aromatic heterocycles. The monoisotopic (exact) mass is 171 g/mol. The van der Waals surface area contributed by atoms with E-state index >= 15 is 0 Å². The maximum atomic E-state index is 2.46. The molecule has 0 aromatic rings. The molecule has 1 nitrogen and oxygen atoms in total. The molecule has 0 rings (SSSR count). The van der Waals surface area contributed by atoms with Gasteiger partial charge >= 0.3 is 0 Å². The van der Waals surface area contributed by atoms with Crippen molar-refractivity contribution in [3.63, 3.8) is 0 Å². The van der Waals surface area contributed by atoms with Gasteiger partial charge in [-0.1, -0.05) is 33.6 Å². The lowest BCUT2D eigenvalue weighted by Gasteiger charge is -2.20. The molecule has 0 N–H and O–H groups in total. The van der Waals surface area contributed by atoms with Crippen molar-refractivity contribution in [3.05, 3.63) is 0 Å². The normalized spacial score (nSPS) is 13.8. The van der Waals surface area contributed by atoms with Gasteiger partial charge in [-0.05, 0) is 32.4 Å². The molecule has 1 atom stereocenters. The summed E-state index contributed by atoms with van der Waals surface area (Å²) in [6.45, 7) is 9.41. The minimum absolute atomic E-state index is 0.872. The molecule has 0 bridgehead atoms. The average molecular weight is 171 g/mol. The van der Waals surface area contributed by atoms with Gasteiger partial charge in [-0.15, -0.1) is 0 Å². The predicted octanol–water partition coefficient (Wildman–Crippen LogP) is 3.15. The molecule has 12 heavy (non-hydrogen) atoms. The van der Waals surface area contributed by atoms with Gasteiger partial charge in [-0.3, -0.25) is 0 Å². The van der Waals surface area contributed by atoms with Crippen molar-refractivity contribution in [1.29, 1.82) is 0 Å². The van der Waals surface area contributed by atoms with Crippen molar-refractivity contribution in [2.24, 2.45) is 5.92 Å².